The zero-order valence-corrected chi connectivity index (χ0v) is 15.0. The number of hydrogen-bond donors (Lipinski definition) is 1. The van der Waals surface area contributed by atoms with E-state index in [-0.39, 0.29) is 11.2 Å². The quantitative estimate of drug-likeness (QED) is 0.780. The fraction of sp³-hybridized carbons (Fsp3) is 0.667. The van der Waals surface area contributed by atoms with Gasteiger partial charge < -0.3 is 5.73 Å². The first-order valence-electron chi connectivity index (χ1n) is 7.89. The third kappa shape index (κ3) is 4.29. The predicted molar refractivity (Wildman–Crippen MR) is 90.7 cm³/mol. The van der Waals surface area contributed by atoms with Crippen LogP contribution in [-0.2, 0) is 6.42 Å². The molecule has 2 rings (SSSR count). The van der Waals surface area contributed by atoms with E-state index < -0.39 is 0 Å². The largest absolute Gasteiger partial charge is 0.330 e. The molecule has 0 unspecified atom stereocenters. The van der Waals surface area contributed by atoms with Crippen molar-refractivity contribution in [2.24, 2.45) is 22.5 Å². The molecule has 0 aliphatic heterocycles. The smallest absolute Gasteiger partial charge is 0.124 e. The van der Waals surface area contributed by atoms with Gasteiger partial charge in [0.05, 0.1) is 0 Å². The first-order chi connectivity index (χ1) is 9.74. The second-order valence-electron chi connectivity index (χ2n) is 7.80. The lowest BCUT2D eigenvalue weighted by Gasteiger charge is -2.44. The molecule has 0 spiro atoms. The fourth-order valence-corrected chi connectivity index (χ4v) is 4.21. The van der Waals surface area contributed by atoms with Gasteiger partial charge >= 0.3 is 0 Å². The highest BCUT2D eigenvalue weighted by atomic mass is 79.9. The molecule has 1 aromatic carbocycles. The Balaban J connectivity index is 2.10. The van der Waals surface area contributed by atoms with Crippen molar-refractivity contribution in [3.05, 3.63) is 34.1 Å². The fourth-order valence-electron chi connectivity index (χ4n) is 3.70. The summed E-state index contributed by atoms with van der Waals surface area (Å²) in [6.45, 7) is 7.68. The molecule has 0 aromatic heterocycles. The molecule has 1 nitrogen and oxygen atoms in total. The van der Waals surface area contributed by atoms with Gasteiger partial charge in [-0.1, -0.05) is 36.7 Å². The average Bonchev–Trinajstić information content (AvgIpc) is 2.37. The molecule has 0 radical (unpaired) electrons. The summed E-state index contributed by atoms with van der Waals surface area (Å²) in [5, 5.41) is 0. The van der Waals surface area contributed by atoms with Crippen LogP contribution in [0.25, 0.3) is 0 Å². The summed E-state index contributed by atoms with van der Waals surface area (Å²) in [5.41, 5.74) is 7.69. The van der Waals surface area contributed by atoms with Gasteiger partial charge in [-0.05, 0) is 79.2 Å². The molecule has 0 saturated heterocycles. The van der Waals surface area contributed by atoms with E-state index in [4.69, 9.17) is 5.73 Å². The molecule has 0 amide bonds. The maximum atomic E-state index is 13.6. The summed E-state index contributed by atoms with van der Waals surface area (Å²) >= 11 is 3.38. The van der Waals surface area contributed by atoms with Crippen LogP contribution in [0, 0.1) is 22.6 Å². The van der Waals surface area contributed by atoms with E-state index in [0.29, 0.717) is 12.0 Å². The minimum atomic E-state index is -0.171. The summed E-state index contributed by atoms with van der Waals surface area (Å²) in [6.07, 6.45) is 5.66. The molecule has 1 saturated carbocycles. The molecule has 1 fully saturated rings. The van der Waals surface area contributed by atoms with E-state index in [9.17, 15) is 4.39 Å². The van der Waals surface area contributed by atoms with Crippen LogP contribution in [0.1, 0.15) is 52.0 Å². The molecular formula is C18H27BrFN. The van der Waals surface area contributed by atoms with Crippen LogP contribution >= 0.6 is 15.9 Å². The normalized spacial score (nSPS) is 26.9. The Kier molecular flexibility index (Phi) is 5.15. The predicted octanol–water partition coefficient (Wildman–Crippen LogP) is 5.31. The van der Waals surface area contributed by atoms with Crippen molar-refractivity contribution in [2.45, 2.75) is 52.9 Å². The molecule has 2 N–H and O–H groups in total. The summed E-state index contributed by atoms with van der Waals surface area (Å²) in [4.78, 5) is 0. The topological polar surface area (TPSA) is 26.0 Å². The second-order valence-corrected chi connectivity index (χ2v) is 8.71. The van der Waals surface area contributed by atoms with Crippen molar-refractivity contribution in [3.63, 3.8) is 0 Å². The highest BCUT2D eigenvalue weighted by Gasteiger charge is 2.37. The monoisotopic (exact) mass is 355 g/mol. The SMILES string of the molecule is CC(C)(C)C1CCC(CN)(Cc2cc(F)cc(Br)c2)CC1. The van der Waals surface area contributed by atoms with E-state index in [1.54, 1.807) is 6.07 Å². The molecule has 118 valence electrons. The Hall–Kier alpha value is -0.410. The van der Waals surface area contributed by atoms with Gasteiger partial charge in [0.1, 0.15) is 5.82 Å². The van der Waals surface area contributed by atoms with Gasteiger partial charge in [-0.3, -0.25) is 0 Å². The Morgan fingerprint density at radius 1 is 1.24 bits per heavy atom. The highest BCUT2D eigenvalue weighted by molar-refractivity contribution is 9.10. The second kappa shape index (κ2) is 6.37. The molecule has 0 bridgehead atoms. The van der Waals surface area contributed by atoms with E-state index in [0.717, 1.165) is 35.2 Å². The van der Waals surface area contributed by atoms with Gasteiger partial charge in [0, 0.05) is 4.47 Å². The summed E-state index contributed by atoms with van der Waals surface area (Å²) in [7, 11) is 0. The van der Waals surface area contributed by atoms with E-state index in [1.807, 2.05) is 6.07 Å². The lowest BCUT2D eigenvalue weighted by Crippen LogP contribution is -2.39. The van der Waals surface area contributed by atoms with Gasteiger partial charge in [-0.15, -0.1) is 0 Å². The van der Waals surface area contributed by atoms with Crippen LogP contribution in [0.5, 0.6) is 0 Å². The van der Waals surface area contributed by atoms with Crippen LogP contribution in [-0.4, -0.2) is 6.54 Å². The number of nitrogens with two attached hydrogens (primary N) is 1. The summed E-state index contributed by atoms with van der Waals surface area (Å²) in [6, 6.07) is 5.18. The molecule has 1 aliphatic carbocycles. The third-order valence-corrected chi connectivity index (χ3v) is 5.66. The highest BCUT2D eigenvalue weighted by Crippen LogP contribution is 2.46. The van der Waals surface area contributed by atoms with E-state index >= 15 is 0 Å². The first-order valence-corrected chi connectivity index (χ1v) is 8.68. The van der Waals surface area contributed by atoms with Crippen molar-refractivity contribution in [3.8, 4) is 0 Å². The minimum Gasteiger partial charge on any atom is -0.330 e. The van der Waals surface area contributed by atoms with Gasteiger partial charge in [0.2, 0.25) is 0 Å². The lowest BCUT2D eigenvalue weighted by atomic mass is 9.62. The number of halogens is 2. The average molecular weight is 356 g/mol. The van der Waals surface area contributed by atoms with Crippen molar-refractivity contribution in [1.29, 1.82) is 0 Å². The Morgan fingerprint density at radius 2 is 1.86 bits per heavy atom. The number of benzene rings is 1. The number of rotatable bonds is 3. The zero-order valence-electron chi connectivity index (χ0n) is 13.4. The van der Waals surface area contributed by atoms with Crippen LogP contribution in [0.15, 0.2) is 22.7 Å². The van der Waals surface area contributed by atoms with Gasteiger partial charge in [-0.2, -0.15) is 0 Å². The lowest BCUT2D eigenvalue weighted by molar-refractivity contribution is 0.0926. The van der Waals surface area contributed by atoms with Gasteiger partial charge in [0.25, 0.3) is 0 Å². The minimum absolute atomic E-state index is 0.148. The maximum Gasteiger partial charge on any atom is 0.124 e. The molecule has 1 aromatic rings. The van der Waals surface area contributed by atoms with Gasteiger partial charge in [-0.25, -0.2) is 4.39 Å². The van der Waals surface area contributed by atoms with Crippen LogP contribution in [0.3, 0.4) is 0 Å². The molecular weight excluding hydrogens is 329 g/mol. The van der Waals surface area contributed by atoms with E-state index in [2.05, 4.69) is 36.7 Å². The Morgan fingerprint density at radius 3 is 2.33 bits per heavy atom. The van der Waals surface area contributed by atoms with E-state index in [1.165, 1.54) is 18.9 Å². The molecule has 0 atom stereocenters. The molecule has 3 heteroatoms. The zero-order chi connectivity index (χ0) is 15.7. The Labute approximate surface area is 136 Å². The van der Waals surface area contributed by atoms with Crippen LogP contribution in [0.2, 0.25) is 0 Å². The van der Waals surface area contributed by atoms with Crippen molar-refractivity contribution in [2.75, 3.05) is 6.54 Å². The van der Waals surface area contributed by atoms with Crippen molar-refractivity contribution in [1.82, 2.24) is 0 Å². The van der Waals surface area contributed by atoms with Gasteiger partial charge in [0.15, 0.2) is 0 Å². The molecule has 21 heavy (non-hydrogen) atoms. The van der Waals surface area contributed by atoms with Crippen LogP contribution < -0.4 is 5.73 Å². The first kappa shape index (κ1) is 17.0. The maximum absolute atomic E-state index is 13.6. The standard InChI is InChI=1S/C18H27BrFN/c1-17(2,3)14-4-6-18(12-21,7-5-14)11-13-8-15(19)10-16(20)9-13/h8-10,14H,4-7,11-12,21H2,1-3H3. The third-order valence-electron chi connectivity index (χ3n) is 5.21. The van der Waals surface area contributed by atoms with Crippen LogP contribution in [0.4, 0.5) is 4.39 Å². The Bertz CT molecular complexity index is 464. The summed E-state index contributed by atoms with van der Waals surface area (Å²) < 4.78 is 14.4. The van der Waals surface area contributed by atoms with Crippen molar-refractivity contribution < 1.29 is 4.39 Å². The molecule has 1 aliphatic rings. The van der Waals surface area contributed by atoms with Crippen molar-refractivity contribution >= 4 is 15.9 Å². The summed E-state index contributed by atoms with van der Waals surface area (Å²) in [5.74, 6) is 0.603. The molecule has 0 heterocycles. The number of hydrogen-bond acceptors (Lipinski definition) is 1.